The Balaban J connectivity index is 2.79. The lowest BCUT2D eigenvalue weighted by atomic mass is 10.3. The maximum absolute atomic E-state index is 8.85. The minimum absolute atomic E-state index is 0.585. The molecule has 1 aromatic rings. The molecule has 12 heavy (non-hydrogen) atoms. The fraction of sp³-hybridized carbons (Fsp3) is 0.333. The SMILES string of the molecule is Cc1ccc(C#C[C@H](C)O)nn1. The van der Waals surface area contributed by atoms with Crippen molar-refractivity contribution in [3.8, 4) is 11.8 Å². The van der Waals surface area contributed by atoms with E-state index in [1.54, 1.807) is 13.0 Å². The van der Waals surface area contributed by atoms with E-state index >= 15 is 0 Å². The summed E-state index contributed by atoms with van der Waals surface area (Å²) in [6.45, 7) is 3.47. The summed E-state index contributed by atoms with van der Waals surface area (Å²) in [6, 6.07) is 3.61. The molecule has 1 aromatic heterocycles. The van der Waals surface area contributed by atoms with Crippen LogP contribution in [0.4, 0.5) is 0 Å². The van der Waals surface area contributed by atoms with E-state index < -0.39 is 6.10 Å². The maximum atomic E-state index is 8.85. The van der Waals surface area contributed by atoms with Gasteiger partial charge in [0.15, 0.2) is 0 Å². The predicted molar refractivity (Wildman–Crippen MR) is 45.3 cm³/mol. The van der Waals surface area contributed by atoms with Crippen LogP contribution in [0.2, 0.25) is 0 Å². The van der Waals surface area contributed by atoms with Crippen LogP contribution in [0.3, 0.4) is 0 Å². The van der Waals surface area contributed by atoms with Crippen molar-refractivity contribution in [2.75, 3.05) is 0 Å². The van der Waals surface area contributed by atoms with Crippen LogP contribution in [0.15, 0.2) is 12.1 Å². The third-order valence-electron chi connectivity index (χ3n) is 1.21. The van der Waals surface area contributed by atoms with E-state index in [0.717, 1.165) is 5.69 Å². The van der Waals surface area contributed by atoms with Gasteiger partial charge in [0.05, 0.1) is 5.69 Å². The van der Waals surface area contributed by atoms with Gasteiger partial charge in [-0.3, -0.25) is 0 Å². The Kier molecular flexibility index (Phi) is 2.78. The normalized spacial score (nSPS) is 11.6. The topological polar surface area (TPSA) is 46.0 Å². The first-order valence-electron chi connectivity index (χ1n) is 3.68. The maximum Gasteiger partial charge on any atom is 0.136 e. The minimum Gasteiger partial charge on any atom is -0.381 e. The fourth-order valence-electron chi connectivity index (χ4n) is 0.644. The van der Waals surface area contributed by atoms with Crippen LogP contribution in [0.25, 0.3) is 0 Å². The van der Waals surface area contributed by atoms with Crippen LogP contribution >= 0.6 is 0 Å². The highest BCUT2D eigenvalue weighted by atomic mass is 16.3. The van der Waals surface area contributed by atoms with E-state index in [1.165, 1.54) is 0 Å². The average molecular weight is 162 g/mol. The number of hydrogen-bond donors (Lipinski definition) is 1. The van der Waals surface area contributed by atoms with Gasteiger partial charge < -0.3 is 5.11 Å². The number of nitrogens with zero attached hydrogens (tertiary/aromatic N) is 2. The van der Waals surface area contributed by atoms with Crippen molar-refractivity contribution in [3.05, 3.63) is 23.5 Å². The monoisotopic (exact) mass is 162 g/mol. The summed E-state index contributed by atoms with van der Waals surface area (Å²) >= 11 is 0. The first-order chi connectivity index (χ1) is 5.68. The molecule has 1 heterocycles. The molecule has 1 rings (SSSR count). The van der Waals surface area contributed by atoms with Crippen LogP contribution in [0.1, 0.15) is 18.3 Å². The quantitative estimate of drug-likeness (QED) is 0.565. The van der Waals surface area contributed by atoms with Crippen molar-refractivity contribution in [1.82, 2.24) is 10.2 Å². The summed E-state index contributed by atoms with van der Waals surface area (Å²) in [4.78, 5) is 0. The summed E-state index contributed by atoms with van der Waals surface area (Å²) < 4.78 is 0. The van der Waals surface area contributed by atoms with Crippen molar-refractivity contribution in [3.63, 3.8) is 0 Å². The highest BCUT2D eigenvalue weighted by molar-refractivity contribution is 5.27. The Bertz CT molecular complexity index is 306. The van der Waals surface area contributed by atoms with Crippen LogP contribution in [-0.4, -0.2) is 21.4 Å². The first kappa shape index (κ1) is 8.69. The predicted octanol–water partition coefficient (Wildman–Crippen LogP) is 0.517. The van der Waals surface area contributed by atoms with Crippen molar-refractivity contribution >= 4 is 0 Å². The molecule has 1 atom stereocenters. The van der Waals surface area contributed by atoms with Gasteiger partial charge in [-0.2, -0.15) is 5.10 Å². The van der Waals surface area contributed by atoms with E-state index in [4.69, 9.17) is 5.11 Å². The number of aliphatic hydroxyl groups is 1. The molecular weight excluding hydrogens is 152 g/mol. The molecule has 0 saturated carbocycles. The Labute approximate surface area is 71.5 Å². The minimum atomic E-state index is -0.617. The average Bonchev–Trinajstić information content (AvgIpc) is 2.03. The van der Waals surface area contributed by atoms with Gasteiger partial charge in [0.2, 0.25) is 0 Å². The van der Waals surface area contributed by atoms with E-state index in [2.05, 4.69) is 22.0 Å². The van der Waals surface area contributed by atoms with Crippen molar-refractivity contribution in [2.45, 2.75) is 20.0 Å². The molecule has 0 bridgehead atoms. The van der Waals surface area contributed by atoms with Crippen molar-refractivity contribution < 1.29 is 5.11 Å². The van der Waals surface area contributed by atoms with Gasteiger partial charge in [0, 0.05) is 0 Å². The molecule has 0 amide bonds. The number of aliphatic hydroxyl groups excluding tert-OH is 1. The van der Waals surface area contributed by atoms with Crippen LogP contribution in [0, 0.1) is 18.8 Å². The van der Waals surface area contributed by atoms with E-state index in [0.29, 0.717) is 5.69 Å². The summed E-state index contributed by atoms with van der Waals surface area (Å²) in [6.07, 6.45) is -0.617. The van der Waals surface area contributed by atoms with Crippen molar-refractivity contribution in [2.24, 2.45) is 0 Å². The van der Waals surface area contributed by atoms with Gasteiger partial charge in [-0.05, 0) is 31.9 Å². The smallest absolute Gasteiger partial charge is 0.136 e. The number of rotatable bonds is 0. The standard InChI is InChI=1S/C9H10N2O/c1-7-3-5-9(11-10-7)6-4-8(2)12/h3,5,8,12H,1-2H3/t8-/m0/s1. The largest absolute Gasteiger partial charge is 0.381 e. The van der Waals surface area contributed by atoms with E-state index in [9.17, 15) is 0 Å². The molecule has 0 spiro atoms. The van der Waals surface area contributed by atoms with E-state index in [1.807, 2.05) is 13.0 Å². The molecule has 0 saturated heterocycles. The molecule has 0 fully saturated rings. The van der Waals surface area contributed by atoms with Gasteiger partial charge >= 0.3 is 0 Å². The molecule has 0 aliphatic heterocycles. The summed E-state index contributed by atoms with van der Waals surface area (Å²) in [5.41, 5.74) is 1.44. The van der Waals surface area contributed by atoms with Crippen LogP contribution in [-0.2, 0) is 0 Å². The molecule has 0 radical (unpaired) electrons. The lowest BCUT2D eigenvalue weighted by Gasteiger charge is -1.90. The molecule has 0 unspecified atom stereocenters. The second-order valence-electron chi connectivity index (χ2n) is 2.51. The van der Waals surface area contributed by atoms with E-state index in [-0.39, 0.29) is 0 Å². The number of aryl methyl sites for hydroxylation is 1. The highest BCUT2D eigenvalue weighted by Gasteiger charge is 1.89. The third kappa shape index (κ3) is 2.69. The van der Waals surface area contributed by atoms with Gasteiger partial charge in [0.25, 0.3) is 0 Å². The molecule has 3 heteroatoms. The number of aromatic nitrogens is 2. The van der Waals surface area contributed by atoms with Crippen LogP contribution in [0.5, 0.6) is 0 Å². The lowest BCUT2D eigenvalue weighted by Crippen LogP contribution is -1.94. The zero-order valence-corrected chi connectivity index (χ0v) is 7.07. The second-order valence-corrected chi connectivity index (χ2v) is 2.51. The first-order valence-corrected chi connectivity index (χ1v) is 3.68. The van der Waals surface area contributed by atoms with Crippen LogP contribution < -0.4 is 0 Å². The summed E-state index contributed by atoms with van der Waals surface area (Å²) in [5.74, 6) is 5.28. The van der Waals surface area contributed by atoms with Gasteiger partial charge in [-0.1, -0.05) is 5.92 Å². The third-order valence-corrected chi connectivity index (χ3v) is 1.21. The Morgan fingerprint density at radius 2 is 2.17 bits per heavy atom. The zero-order chi connectivity index (χ0) is 8.97. The van der Waals surface area contributed by atoms with Gasteiger partial charge in [0.1, 0.15) is 11.8 Å². The Morgan fingerprint density at radius 1 is 1.42 bits per heavy atom. The molecule has 62 valence electrons. The van der Waals surface area contributed by atoms with Crippen molar-refractivity contribution in [1.29, 1.82) is 0 Å². The summed E-state index contributed by atoms with van der Waals surface area (Å²) in [5, 5.41) is 16.5. The lowest BCUT2D eigenvalue weighted by molar-refractivity contribution is 0.253. The molecule has 0 aromatic carbocycles. The molecule has 0 aliphatic rings. The zero-order valence-electron chi connectivity index (χ0n) is 7.07. The molecular formula is C9H10N2O. The molecule has 1 N–H and O–H groups in total. The Hall–Kier alpha value is -1.40. The summed E-state index contributed by atoms with van der Waals surface area (Å²) in [7, 11) is 0. The fourth-order valence-corrected chi connectivity index (χ4v) is 0.644. The number of hydrogen-bond acceptors (Lipinski definition) is 3. The van der Waals surface area contributed by atoms with Gasteiger partial charge in [-0.25, -0.2) is 0 Å². The molecule has 3 nitrogen and oxygen atoms in total. The second kappa shape index (κ2) is 3.84. The highest BCUT2D eigenvalue weighted by Crippen LogP contribution is 1.92. The Morgan fingerprint density at radius 3 is 2.67 bits per heavy atom. The molecule has 0 aliphatic carbocycles. The van der Waals surface area contributed by atoms with Gasteiger partial charge in [-0.15, -0.1) is 5.10 Å².